The van der Waals surface area contributed by atoms with Crippen LogP contribution >= 0.6 is 11.3 Å². The molecule has 8 heteroatoms. The number of thiophene rings is 1. The molecular weight excluding hydrogens is 370 g/mol. The third-order valence-electron chi connectivity index (χ3n) is 4.38. The molecule has 140 valence electrons. The molecule has 1 amide bonds. The highest BCUT2D eigenvalue weighted by Crippen LogP contribution is 2.20. The molecule has 6 nitrogen and oxygen atoms in total. The molecule has 26 heavy (non-hydrogen) atoms. The number of sulfonamides is 1. The van der Waals surface area contributed by atoms with Crippen molar-refractivity contribution in [1.29, 1.82) is 0 Å². The van der Waals surface area contributed by atoms with Gasteiger partial charge in [0, 0.05) is 49.7 Å². The second-order valence-electron chi connectivity index (χ2n) is 6.26. The summed E-state index contributed by atoms with van der Waals surface area (Å²) >= 11 is 1.27. The van der Waals surface area contributed by atoms with Crippen molar-refractivity contribution in [2.75, 3.05) is 39.3 Å². The van der Waals surface area contributed by atoms with Gasteiger partial charge in [0.2, 0.25) is 10.0 Å². The van der Waals surface area contributed by atoms with Crippen LogP contribution in [0, 0.1) is 6.92 Å². The van der Waals surface area contributed by atoms with Crippen molar-refractivity contribution in [1.82, 2.24) is 14.5 Å². The number of piperazine rings is 1. The highest BCUT2D eigenvalue weighted by atomic mass is 32.2. The molecule has 1 aromatic heterocycles. The molecule has 1 fully saturated rings. The van der Waals surface area contributed by atoms with Gasteiger partial charge in [0.25, 0.3) is 5.91 Å². The first-order valence-corrected chi connectivity index (χ1v) is 10.9. The molecule has 0 aliphatic carbocycles. The molecular formula is C18H23N3O3S2. The third kappa shape index (κ3) is 4.70. The Morgan fingerprint density at radius 3 is 2.38 bits per heavy atom. The summed E-state index contributed by atoms with van der Waals surface area (Å²) in [5, 5.41) is 0. The first kappa shape index (κ1) is 19.0. The second-order valence-corrected chi connectivity index (χ2v) is 9.54. The highest BCUT2D eigenvalue weighted by molar-refractivity contribution is 7.91. The number of carbonyl (C=O) groups excluding carboxylic acids is 1. The molecule has 3 rings (SSSR count). The van der Waals surface area contributed by atoms with Crippen LogP contribution in [0.1, 0.15) is 15.2 Å². The summed E-state index contributed by atoms with van der Waals surface area (Å²) in [5.41, 5.74) is 0.708. The number of nitrogens with zero attached hydrogens (tertiary/aromatic N) is 2. The lowest BCUT2D eigenvalue weighted by molar-refractivity contribution is 0.0640. The summed E-state index contributed by atoms with van der Waals surface area (Å²) in [6, 6.07) is 12.7. The van der Waals surface area contributed by atoms with Crippen molar-refractivity contribution < 1.29 is 13.2 Å². The second kappa shape index (κ2) is 8.30. The first-order chi connectivity index (χ1) is 12.5. The van der Waals surface area contributed by atoms with Crippen molar-refractivity contribution >= 4 is 27.3 Å². The van der Waals surface area contributed by atoms with E-state index in [1.165, 1.54) is 11.3 Å². The van der Waals surface area contributed by atoms with Crippen molar-refractivity contribution in [3.05, 3.63) is 52.9 Å². The van der Waals surface area contributed by atoms with E-state index in [1.807, 2.05) is 48.2 Å². The summed E-state index contributed by atoms with van der Waals surface area (Å²) < 4.78 is 27.4. The van der Waals surface area contributed by atoms with E-state index < -0.39 is 10.0 Å². The fraction of sp³-hybridized carbons (Fsp3) is 0.389. The predicted molar refractivity (Wildman–Crippen MR) is 103 cm³/mol. The maximum absolute atomic E-state index is 12.4. The number of aryl methyl sites for hydroxylation is 1. The van der Waals surface area contributed by atoms with Crippen LogP contribution in [0.4, 0.5) is 0 Å². The number of nitrogens with one attached hydrogen (secondary N) is 1. The number of amides is 1. The van der Waals surface area contributed by atoms with Crippen LogP contribution in [-0.4, -0.2) is 63.4 Å². The summed E-state index contributed by atoms with van der Waals surface area (Å²) in [4.78, 5) is 17.4. The van der Waals surface area contributed by atoms with E-state index in [1.54, 1.807) is 6.07 Å². The lowest BCUT2D eigenvalue weighted by atomic mass is 10.2. The Balaban J connectivity index is 1.44. The van der Waals surface area contributed by atoms with Gasteiger partial charge in [-0.05, 0) is 31.2 Å². The van der Waals surface area contributed by atoms with Crippen LogP contribution in [0.25, 0.3) is 0 Å². The smallest absolute Gasteiger partial charge is 0.253 e. The third-order valence-corrected chi connectivity index (χ3v) is 7.33. The van der Waals surface area contributed by atoms with E-state index in [0.717, 1.165) is 18.0 Å². The van der Waals surface area contributed by atoms with E-state index in [0.29, 0.717) is 36.0 Å². The van der Waals surface area contributed by atoms with Crippen molar-refractivity contribution in [3.8, 4) is 0 Å². The molecule has 0 bridgehead atoms. The van der Waals surface area contributed by atoms with Crippen LogP contribution < -0.4 is 4.72 Å². The normalized spacial score (nSPS) is 16.0. The van der Waals surface area contributed by atoms with Gasteiger partial charge in [0.1, 0.15) is 4.21 Å². The highest BCUT2D eigenvalue weighted by Gasteiger charge is 2.22. The van der Waals surface area contributed by atoms with Gasteiger partial charge < -0.3 is 4.90 Å². The maximum Gasteiger partial charge on any atom is 0.253 e. The molecule has 2 heterocycles. The quantitative estimate of drug-likeness (QED) is 0.812. The first-order valence-electron chi connectivity index (χ1n) is 8.58. The molecule has 1 aromatic carbocycles. The molecule has 1 aliphatic rings. The SMILES string of the molecule is Cc1ccc(S(=O)(=O)NCCN2CCN(C(=O)c3ccccc3)CC2)s1. The fourth-order valence-corrected chi connectivity index (χ4v) is 5.25. The molecule has 1 N–H and O–H groups in total. The Bertz CT molecular complexity index is 842. The molecule has 0 spiro atoms. The number of rotatable bonds is 6. The lowest BCUT2D eigenvalue weighted by Crippen LogP contribution is -2.50. The zero-order valence-electron chi connectivity index (χ0n) is 14.7. The molecule has 1 saturated heterocycles. The average Bonchev–Trinajstić information content (AvgIpc) is 3.10. The lowest BCUT2D eigenvalue weighted by Gasteiger charge is -2.34. The minimum absolute atomic E-state index is 0.0546. The van der Waals surface area contributed by atoms with Gasteiger partial charge in [-0.1, -0.05) is 18.2 Å². The van der Waals surface area contributed by atoms with E-state index in [-0.39, 0.29) is 5.91 Å². The molecule has 2 aromatic rings. The Hall–Kier alpha value is -1.74. The van der Waals surface area contributed by atoms with E-state index in [9.17, 15) is 13.2 Å². The molecule has 1 aliphatic heterocycles. The largest absolute Gasteiger partial charge is 0.336 e. The number of benzene rings is 1. The average molecular weight is 394 g/mol. The van der Waals surface area contributed by atoms with Crippen molar-refractivity contribution in [3.63, 3.8) is 0 Å². The predicted octanol–water partition coefficient (Wildman–Crippen LogP) is 1.79. The van der Waals surface area contributed by atoms with E-state index in [2.05, 4.69) is 9.62 Å². The number of hydrogen-bond acceptors (Lipinski definition) is 5. The van der Waals surface area contributed by atoms with Gasteiger partial charge in [-0.15, -0.1) is 11.3 Å². The molecule has 0 saturated carbocycles. The Morgan fingerprint density at radius 2 is 1.77 bits per heavy atom. The Labute approximate surface area is 158 Å². The zero-order valence-corrected chi connectivity index (χ0v) is 16.4. The molecule has 0 radical (unpaired) electrons. The van der Waals surface area contributed by atoms with Gasteiger partial charge in [0.15, 0.2) is 0 Å². The van der Waals surface area contributed by atoms with E-state index in [4.69, 9.17) is 0 Å². The zero-order chi connectivity index (χ0) is 18.6. The van der Waals surface area contributed by atoms with Crippen LogP contribution in [0.15, 0.2) is 46.7 Å². The summed E-state index contributed by atoms with van der Waals surface area (Å²) in [5.74, 6) is 0.0546. The Kier molecular flexibility index (Phi) is 6.08. The maximum atomic E-state index is 12.4. The van der Waals surface area contributed by atoms with Gasteiger partial charge in [-0.3, -0.25) is 9.69 Å². The van der Waals surface area contributed by atoms with Crippen LogP contribution in [0.5, 0.6) is 0 Å². The fourth-order valence-electron chi connectivity index (χ4n) is 2.90. The van der Waals surface area contributed by atoms with E-state index >= 15 is 0 Å². The minimum Gasteiger partial charge on any atom is -0.336 e. The van der Waals surface area contributed by atoms with Gasteiger partial charge >= 0.3 is 0 Å². The van der Waals surface area contributed by atoms with Gasteiger partial charge in [0.05, 0.1) is 0 Å². The van der Waals surface area contributed by atoms with Crippen molar-refractivity contribution in [2.24, 2.45) is 0 Å². The molecule has 0 unspecified atom stereocenters. The van der Waals surface area contributed by atoms with Gasteiger partial charge in [-0.25, -0.2) is 13.1 Å². The number of carbonyl (C=O) groups is 1. The monoisotopic (exact) mass is 393 g/mol. The van der Waals surface area contributed by atoms with Crippen LogP contribution in [0.2, 0.25) is 0 Å². The summed E-state index contributed by atoms with van der Waals surface area (Å²) in [7, 11) is -3.42. The van der Waals surface area contributed by atoms with Gasteiger partial charge in [-0.2, -0.15) is 0 Å². The van der Waals surface area contributed by atoms with Crippen LogP contribution in [-0.2, 0) is 10.0 Å². The number of hydrogen-bond donors (Lipinski definition) is 1. The minimum atomic E-state index is -3.42. The van der Waals surface area contributed by atoms with Crippen molar-refractivity contribution in [2.45, 2.75) is 11.1 Å². The summed E-state index contributed by atoms with van der Waals surface area (Å²) in [6.07, 6.45) is 0. The topological polar surface area (TPSA) is 69.7 Å². The molecule has 0 atom stereocenters. The Morgan fingerprint density at radius 1 is 1.08 bits per heavy atom. The van der Waals surface area contributed by atoms with Crippen LogP contribution in [0.3, 0.4) is 0 Å². The summed E-state index contributed by atoms with van der Waals surface area (Å²) in [6.45, 7) is 5.70. The standard InChI is InChI=1S/C18H23N3O3S2/c1-15-7-8-17(25-15)26(23,24)19-9-10-20-11-13-21(14-12-20)18(22)16-5-3-2-4-6-16/h2-8,19H,9-14H2,1H3.